The highest BCUT2D eigenvalue weighted by molar-refractivity contribution is 6.11. The molecule has 0 radical (unpaired) electrons. The first-order valence-electron chi connectivity index (χ1n) is 15.5. The molecule has 3 heterocycles. The fraction of sp³-hybridized carbons (Fsp3) is 0.371. The summed E-state index contributed by atoms with van der Waals surface area (Å²) in [7, 11) is 1.50. The molecule has 0 N–H and O–H groups in total. The number of benzene rings is 2. The number of morpholine rings is 1. The molecule has 1 saturated carbocycles. The van der Waals surface area contributed by atoms with E-state index in [0.717, 1.165) is 39.3 Å². The predicted molar refractivity (Wildman–Crippen MR) is 168 cm³/mol. The van der Waals surface area contributed by atoms with Crippen molar-refractivity contribution in [3.05, 3.63) is 77.4 Å². The maximum absolute atomic E-state index is 13.3. The number of nitriles is 1. The first kappa shape index (κ1) is 32.0. The molecule has 12 heteroatoms. The molecule has 242 valence electrons. The summed E-state index contributed by atoms with van der Waals surface area (Å²) in [5.74, 6) is 0.295. The van der Waals surface area contributed by atoms with Crippen molar-refractivity contribution in [3.63, 3.8) is 0 Å². The topological polar surface area (TPSA) is 137 Å². The Morgan fingerprint density at radius 2 is 1.70 bits per heavy atom. The van der Waals surface area contributed by atoms with Gasteiger partial charge in [0.2, 0.25) is 5.88 Å². The minimum absolute atomic E-state index is 0.00542. The maximum Gasteiger partial charge on any atom is 0.257 e. The molecule has 0 amide bonds. The van der Waals surface area contributed by atoms with Crippen molar-refractivity contribution < 1.29 is 32.9 Å². The van der Waals surface area contributed by atoms with E-state index in [2.05, 4.69) is 25.9 Å². The molecule has 0 spiro atoms. The fourth-order valence-corrected chi connectivity index (χ4v) is 5.67. The molecule has 11 nitrogen and oxygen atoms in total. The first-order chi connectivity index (χ1) is 22.9. The van der Waals surface area contributed by atoms with Crippen LogP contribution >= 0.6 is 0 Å². The van der Waals surface area contributed by atoms with Crippen LogP contribution in [0.25, 0.3) is 11.0 Å². The summed E-state index contributed by atoms with van der Waals surface area (Å²) in [4.78, 5) is 41.8. The Morgan fingerprint density at radius 1 is 0.979 bits per heavy atom. The van der Waals surface area contributed by atoms with Crippen molar-refractivity contribution in [1.82, 2.24) is 19.9 Å². The number of hydrogen-bond acceptors (Lipinski definition) is 11. The van der Waals surface area contributed by atoms with Crippen LogP contribution in [0.4, 0.5) is 4.39 Å². The largest absolute Gasteiger partial charge is 0.488 e. The van der Waals surface area contributed by atoms with Crippen LogP contribution in [0.15, 0.2) is 54.9 Å². The van der Waals surface area contributed by atoms with Crippen molar-refractivity contribution >= 4 is 22.6 Å². The molecule has 2 aliphatic rings. The Labute approximate surface area is 271 Å². The van der Waals surface area contributed by atoms with E-state index in [4.69, 9.17) is 18.9 Å². The van der Waals surface area contributed by atoms with Crippen molar-refractivity contribution in [2.75, 3.05) is 46.6 Å². The molecule has 47 heavy (non-hydrogen) atoms. The number of halogens is 1. The Bertz CT molecular complexity index is 1820. The smallest absolute Gasteiger partial charge is 0.257 e. The quantitative estimate of drug-likeness (QED) is 0.141. The molecule has 2 aromatic carbocycles. The van der Waals surface area contributed by atoms with Crippen molar-refractivity contribution in [2.24, 2.45) is 5.41 Å². The highest BCUT2D eigenvalue weighted by atomic mass is 19.1. The molecule has 1 saturated heterocycles. The van der Waals surface area contributed by atoms with Gasteiger partial charge in [-0.3, -0.25) is 14.5 Å². The number of fused-ring (bicyclic) bond motifs is 1. The lowest BCUT2D eigenvalue weighted by Crippen LogP contribution is -2.37. The van der Waals surface area contributed by atoms with E-state index in [1.54, 1.807) is 36.4 Å². The Kier molecular flexibility index (Phi) is 9.65. The first-order valence-corrected chi connectivity index (χ1v) is 15.5. The van der Waals surface area contributed by atoms with Crippen molar-refractivity contribution in [3.8, 4) is 29.3 Å². The van der Waals surface area contributed by atoms with E-state index in [9.17, 15) is 19.2 Å². The highest BCUT2D eigenvalue weighted by Crippen LogP contribution is 2.49. The molecule has 6 rings (SSSR count). The molecule has 0 unspecified atom stereocenters. The second-order valence-electron chi connectivity index (χ2n) is 11.7. The lowest BCUT2D eigenvalue weighted by atomic mass is 9.87. The second kappa shape index (κ2) is 14.2. The molecule has 0 bridgehead atoms. The predicted octanol–water partition coefficient (Wildman–Crippen LogP) is 4.64. The van der Waals surface area contributed by atoms with E-state index in [-0.39, 0.29) is 53.3 Å². The fourth-order valence-electron chi connectivity index (χ4n) is 5.67. The molecule has 4 aromatic rings. The van der Waals surface area contributed by atoms with Crippen molar-refractivity contribution in [2.45, 2.75) is 32.1 Å². The van der Waals surface area contributed by atoms with Crippen LogP contribution in [0, 0.1) is 22.6 Å². The molecule has 1 aliphatic carbocycles. The number of ether oxygens (including phenoxy) is 4. The van der Waals surface area contributed by atoms with Gasteiger partial charge in [-0.05, 0) is 54.7 Å². The Hall–Kier alpha value is -4.99. The third-order valence-electron chi connectivity index (χ3n) is 8.51. The third-order valence-corrected chi connectivity index (χ3v) is 8.51. The van der Waals surface area contributed by atoms with Gasteiger partial charge in [-0.1, -0.05) is 18.2 Å². The Morgan fingerprint density at radius 3 is 2.40 bits per heavy atom. The van der Waals surface area contributed by atoms with Crippen molar-refractivity contribution in [1.29, 1.82) is 5.26 Å². The standard InChI is InChI=1S/C35H34FN5O6/c1-44-33-29(46-14-2-11-41-12-15-45-16-13-41)20-27-32(40-33)34(39-22-38-27)47-28-8-5-24(17-25(28)21-37)19-31(43)35(9-10-35)30(42)18-23-3-6-26(36)7-4-23/h3-8,17,20,22H,2,9-16,18-19H2,1H3. The summed E-state index contributed by atoms with van der Waals surface area (Å²) in [6.45, 7) is 4.69. The van der Waals surface area contributed by atoms with Gasteiger partial charge in [-0.25, -0.2) is 14.4 Å². The summed E-state index contributed by atoms with van der Waals surface area (Å²) < 4.78 is 36.2. The van der Waals surface area contributed by atoms with Gasteiger partial charge in [-0.15, -0.1) is 0 Å². The minimum atomic E-state index is -1.04. The second-order valence-corrected chi connectivity index (χ2v) is 11.7. The van der Waals surface area contributed by atoms with Gasteiger partial charge in [0.05, 0.1) is 37.9 Å². The van der Waals surface area contributed by atoms with E-state index in [1.165, 1.54) is 25.6 Å². The number of Topliss-reactive ketones (excluding diaryl/α,β-unsaturated/α-hetero) is 2. The Balaban J connectivity index is 1.13. The van der Waals surface area contributed by atoms with Crippen LogP contribution in [-0.4, -0.2) is 78.0 Å². The number of aromatic nitrogens is 3. The molecular formula is C35H34FN5O6. The van der Waals surface area contributed by atoms with Gasteiger partial charge in [0, 0.05) is 38.5 Å². The van der Waals surface area contributed by atoms with Crippen LogP contribution in [-0.2, 0) is 27.2 Å². The van der Waals surface area contributed by atoms with Crippen LogP contribution in [0.5, 0.6) is 23.3 Å². The summed E-state index contributed by atoms with van der Waals surface area (Å²) in [5.41, 5.74) is 1.20. The lowest BCUT2D eigenvalue weighted by molar-refractivity contribution is -0.133. The van der Waals surface area contributed by atoms with Gasteiger partial charge >= 0.3 is 0 Å². The van der Waals surface area contributed by atoms with Crippen LogP contribution in [0.1, 0.15) is 36.0 Å². The van der Waals surface area contributed by atoms with Crippen LogP contribution in [0.2, 0.25) is 0 Å². The number of pyridine rings is 1. The monoisotopic (exact) mass is 639 g/mol. The molecule has 1 aliphatic heterocycles. The summed E-state index contributed by atoms with van der Waals surface area (Å²) in [6.07, 6.45) is 3.19. The van der Waals surface area contributed by atoms with E-state index in [1.807, 2.05) is 0 Å². The summed E-state index contributed by atoms with van der Waals surface area (Å²) in [5, 5.41) is 9.93. The van der Waals surface area contributed by atoms with Gasteiger partial charge in [0.25, 0.3) is 5.88 Å². The zero-order valence-electron chi connectivity index (χ0n) is 26.0. The van der Waals surface area contributed by atoms with Gasteiger partial charge in [-0.2, -0.15) is 10.2 Å². The number of nitrogens with zero attached hydrogens (tertiary/aromatic N) is 5. The van der Waals surface area contributed by atoms with Gasteiger partial charge < -0.3 is 18.9 Å². The summed E-state index contributed by atoms with van der Waals surface area (Å²) >= 11 is 0. The average molecular weight is 640 g/mol. The van der Waals surface area contributed by atoms with E-state index >= 15 is 0 Å². The highest BCUT2D eigenvalue weighted by Gasteiger charge is 2.54. The number of carbonyl (C=O) groups excluding carboxylic acids is 2. The van der Waals surface area contributed by atoms with E-state index in [0.29, 0.717) is 47.4 Å². The number of rotatable bonds is 14. The average Bonchev–Trinajstić information content (AvgIpc) is 3.91. The number of hydrogen-bond donors (Lipinski definition) is 0. The maximum atomic E-state index is 13.3. The molecule has 2 fully saturated rings. The normalized spacial score (nSPS) is 15.5. The minimum Gasteiger partial charge on any atom is -0.488 e. The lowest BCUT2D eigenvalue weighted by Gasteiger charge is -2.26. The zero-order chi connectivity index (χ0) is 32.8. The summed E-state index contributed by atoms with van der Waals surface area (Å²) in [6, 6.07) is 14.4. The molecular weight excluding hydrogens is 605 g/mol. The number of carbonyl (C=O) groups is 2. The SMILES string of the molecule is COc1nc2c(Oc3ccc(CC(=O)C4(C(=O)Cc5ccc(F)cc5)CC4)cc3C#N)ncnc2cc1OCCCN1CCOCC1. The van der Waals surface area contributed by atoms with Crippen LogP contribution < -0.4 is 14.2 Å². The van der Waals surface area contributed by atoms with E-state index < -0.39 is 5.41 Å². The number of ketones is 2. The third kappa shape index (κ3) is 7.37. The zero-order valence-corrected chi connectivity index (χ0v) is 26.0. The van der Waals surface area contributed by atoms with Crippen LogP contribution in [0.3, 0.4) is 0 Å². The van der Waals surface area contributed by atoms with Gasteiger partial charge in [0.15, 0.2) is 22.8 Å². The molecule has 2 aromatic heterocycles. The number of methoxy groups -OCH3 is 1. The van der Waals surface area contributed by atoms with Gasteiger partial charge in [0.1, 0.15) is 29.5 Å². The molecule has 0 atom stereocenters.